The van der Waals surface area contributed by atoms with Gasteiger partial charge in [-0.05, 0) is 42.7 Å². The molecule has 1 aliphatic heterocycles. The number of nitrogens with zero attached hydrogens (tertiary/aromatic N) is 2. The van der Waals surface area contributed by atoms with Crippen LogP contribution in [0.4, 0.5) is 5.82 Å². The number of carbonyl (C=O) groups is 1. The third-order valence-electron chi connectivity index (χ3n) is 3.20. The molecule has 3 rings (SSSR count). The molecule has 0 aliphatic carbocycles. The second-order valence-corrected chi connectivity index (χ2v) is 6.54. The minimum atomic E-state index is -0.156. The number of anilines is 1. The fourth-order valence-electron chi connectivity index (χ4n) is 2.24. The number of aromatic nitrogens is 2. The highest BCUT2D eigenvalue weighted by atomic mass is 35.5. The van der Waals surface area contributed by atoms with E-state index in [-0.39, 0.29) is 5.91 Å². The van der Waals surface area contributed by atoms with Crippen molar-refractivity contribution in [3.8, 4) is 0 Å². The Morgan fingerprint density at radius 2 is 2.18 bits per heavy atom. The number of hydrogen-bond acceptors (Lipinski definition) is 4. The summed E-state index contributed by atoms with van der Waals surface area (Å²) in [5.74, 6) is 1.11. The minimum Gasteiger partial charge on any atom is -0.306 e. The lowest BCUT2D eigenvalue weighted by molar-refractivity contribution is -0.112. The molecule has 0 spiro atoms. The first-order valence-corrected chi connectivity index (χ1v) is 8.18. The third kappa shape index (κ3) is 3.67. The van der Waals surface area contributed by atoms with Gasteiger partial charge in [-0.15, -0.1) is 10.2 Å². The second kappa shape index (κ2) is 6.50. The Morgan fingerprint density at radius 1 is 1.32 bits per heavy atom. The number of fused-ring (bicyclic) bond motifs is 2. The van der Waals surface area contributed by atoms with Crippen molar-refractivity contribution >= 4 is 35.1 Å². The number of rotatable bonds is 3. The normalized spacial score (nSPS) is 16.3. The summed E-state index contributed by atoms with van der Waals surface area (Å²) in [4.78, 5) is 11.6. The first kappa shape index (κ1) is 15.1. The largest absolute Gasteiger partial charge is 0.306 e. The maximum Gasteiger partial charge on any atom is 0.249 e. The van der Waals surface area contributed by atoms with E-state index < -0.39 is 0 Å². The van der Waals surface area contributed by atoms with Crippen LogP contribution in [-0.2, 0) is 17.0 Å². The predicted molar refractivity (Wildman–Crippen MR) is 89.1 cm³/mol. The fraction of sp³-hybridized carbons (Fsp3) is 0.188. The molecule has 0 unspecified atom stereocenters. The van der Waals surface area contributed by atoms with E-state index >= 15 is 0 Å². The molecular weight excluding hydrogens is 318 g/mol. The smallest absolute Gasteiger partial charge is 0.249 e. The van der Waals surface area contributed by atoms with Gasteiger partial charge in [-0.1, -0.05) is 41.1 Å². The summed E-state index contributed by atoms with van der Waals surface area (Å²) in [7, 11) is 0. The maximum absolute atomic E-state index is 11.6. The summed E-state index contributed by atoms with van der Waals surface area (Å²) < 4.78 is 0. The minimum absolute atomic E-state index is 0.156. The lowest BCUT2D eigenvalue weighted by Gasteiger charge is -2.13. The molecule has 4 nitrogen and oxygen atoms in total. The number of hydrogen-bond donors (Lipinski definition) is 1. The SMILES string of the molecule is C/C1=C/C(=O)Nc2cc(c(SCc3cccc(Cl)c3)nn2)C1. The van der Waals surface area contributed by atoms with E-state index in [2.05, 4.69) is 15.5 Å². The van der Waals surface area contributed by atoms with Crippen LogP contribution in [0.25, 0.3) is 0 Å². The van der Waals surface area contributed by atoms with Crippen molar-refractivity contribution in [2.45, 2.75) is 24.1 Å². The number of amides is 1. The summed E-state index contributed by atoms with van der Waals surface area (Å²) in [5, 5.41) is 12.6. The van der Waals surface area contributed by atoms with Crippen LogP contribution in [0.1, 0.15) is 18.1 Å². The van der Waals surface area contributed by atoms with E-state index in [0.717, 1.165) is 32.5 Å². The fourth-order valence-corrected chi connectivity index (χ4v) is 3.36. The molecule has 1 amide bonds. The summed E-state index contributed by atoms with van der Waals surface area (Å²) in [6.45, 7) is 1.94. The molecule has 2 aromatic rings. The number of benzene rings is 1. The van der Waals surface area contributed by atoms with Crippen LogP contribution in [0.2, 0.25) is 5.02 Å². The summed E-state index contributed by atoms with van der Waals surface area (Å²) in [6.07, 6.45) is 2.31. The monoisotopic (exact) mass is 331 g/mol. The van der Waals surface area contributed by atoms with Gasteiger partial charge in [0.1, 0.15) is 5.03 Å². The van der Waals surface area contributed by atoms with E-state index in [0.29, 0.717) is 12.2 Å². The van der Waals surface area contributed by atoms with Crippen molar-refractivity contribution in [2.24, 2.45) is 0 Å². The quantitative estimate of drug-likeness (QED) is 0.868. The molecule has 2 heterocycles. The molecule has 0 saturated carbocycles. The number of allylic oxidation sites excluding steroid dienone is 1. The van der Waals surface area contributed by atoms with E-state index in [1.165, 1.54) is 0 Å². The van der Waals surface area contributed by atoms with Gasteiger partial charge in [-0.25, -0.2) is 0 Å². The Labute approximate surface area is 138 Å². The van der Waals surface area contributed by atoms with Gasteiger partial charge in [0.25, 0.3) is 0 Å². The summed E-state index contributed by atoms with van der Waals surface area (Å²) in [5.41, 5.74) is 3.22. The second-order valence-electron chi connectivity index (χ2n) is 5.14. The third-order valence-corrected chi connectivity index (χ3v) is 4.53. The van der Waals surface area contributed by atoms with Crippen LogP contribution in [0.5, 0.6) is 0 Å². The van der Waals surface area contributed by atoms with Gasteiger partial charge < -0.3 is 5.32 Å². The molecule has 1 aromatic heterocycles. The topological polar surface area (TPSA) is 54.9 Å². The average molecular weight is 332 g/mol. The molecule has 0 atom stereocenters. The zero-order valence-corrected chi connectivity index (χ0v) is 13.5. The highest BCUT2D eigenvalue weighted by Gasteiger charge is 2.13. The Hall–Kier alpha value is -1.85. The van der Waals surface area contributed by atoms with Gasteiger partial charge in [0.15, 0.2) is 5.82 Å². The molecule has 0 saturated heterocycles. The number of carbonyl (C=O) groups excluding carboxylic acids is 1. The van der Waals surface area contributed by atoms with Crippen LogP contribution in [0.15, 0.2) is 47.0 Å². The molecule has 0 fully saturated rings. The van der Waals surface area contributed by atoms with Crippen molar-refractivity contribution in [3.63, 3.8) is 0 Å². The van der Waals surface area contributed by atoms with Crippen LogP contribution < -0.4 is 5.32 Å². The summed E-state index contributed by atoms with van der Waals surface area (Å²) in [6, 6.07) is 9.67. The van der Waals surface area contributed by atoms with Crippen molar-refractivity contribution in [1.82, 2.24) is 10.2 Å². The summed E-state index contributed by atoms with van der Waals surface area (Å²) >= 11 is 7.63. The van der Waals surface area contributed by atoms with Gasteiger partial charge in [0, 0.05) is 16.9 Å². The Balaban J connectivity index is 1.81. The Bertz CT molecular complexity index is 761. The van der Waals surface area contributed by atoms with Crippen molar-refractivity contribution in [3.05, 3.63) is 58.1 Å². The standard InChI is InChI=1S/C16H14ClN3OS/c1-10-5-12-8-14(18-15(21)6-10)19-20-16(12)22-9-11-3-2-4-13(17)7-11/h2-4,6-8H,5,9H2,1H3,(H,18,19,21)/b10-6-. The van der Waals surface area contributed by atoms with E-state index in [1.54, 1.807) is 17.8 Å². The van der Waals surface area contributed by atoms with Gasteiger partial charge in [0.2, 0.25) is 5.91 Å². The molecule has 0 radical (unpaired) electrons. The van der Waals surface area contributed by atoms with E-state index in [1.807, 2.05) is 37.3 Å². The van der Waals surface area contributed by atoms with E-state index in [9.17, 15) is 4.79 Å². The molecule has 1 aromatic carbocycles. The number of thioether (sulfide) groups is 1. The van der Waals surface area contributed by atoms with Crippen LogP contribution in [-0.4, -0.2) is 16.1 Å². The van der Waals surface area contributed by atoms with Gasteiger partial charge in [-0.3, -0.25) is 4.79 Å². The molecule has 1 N–H and O–H groups in total. The maximum atomic E-state index is 11.6. The first-order valence-electron chi connectivity index (χ1n) is 6.82. The van der Waals surface area contributed by atoms with Crippen molar-refractivity contribution < 1.29 is 4.79 Å². The molecule has 2 bridgehead atoms. The number of halogens is 1. The van der Waals surface area contributed by atoms with Crippen molar-refractivity contribution in [2.75, 3.05) is 5.32 Å². The number of nitrogens with one attached hydrogen (secondary N) is 1. The van der Waals surface area contributed by atoms with Crippen LogP contribution in [0, 0.1) is 0 Å². The van der Waals surface area contributed by atoms with Crippen LogP contribution in [0.3, 0.4) is 0 Å². The molecule has 22 heavy (non-hydrogen) atoms. The first-order chi connectivity index (χ1) is 10.6. The molecule has 112 valence electrons. The zero-order valence-electron chi connectivity index (χ0n) is 12.0. The molecule has 1 aliphatic rings. The molecular formula is C16H14ClN3OS. The Morgan fingerprint density at radius 3 is 3.00 bits per heavy atom. The molecule has 6 heteroatoms. The highest BCUT2D eigenvalue weighted by Crippen LogP contribution is 2.28. The lowest BCUT2D eigenvalue weighted by atomic mass is 10.1. The predicted octanol–water partition coefficient (Wildman–Crippen LogP) is 3.86. The van der Waals surface area contributed by atoms with Crippen LogP contribution >= 0.6 is 23.4 Å². The van der Waals surface area contributed by atoms with Crippen molar-refractivity contribution in [1.29, 1.82) is 0 Å². The lowest BCUT2D eigenvalue weighted by Crippen LogP contribution is -2.14. The van der Waals surface area contributed by atoms with Gasteiger partial charge >= 0.3 is 0 Å². The highest BCUT2D eigenvalue weighted by molar-refractivity contribution is 7.98. The zero-order chi connectivity index (χ0) is 15.5. The van der Waals surface area contributed by atoms with Gasteiger partial charge in [0.05, 0.1) is 0 Å². The Kier molecular flexibility index (Phi) is 4.45. The van der Waals surface area contributed by atoms with E-state index in [4.69, 9.17) is 11.6 Å². The van der Waals surface area contributed by atoms with Gasteiger partial charge in [-0.2, -0.15) is 0 Å². The average Bonchev–Trinajstić information content (AvgIpc) is 2.45.